The summed E-state index contributed by atoms with van der Waals surface area (Å²) >= 11 is 7.07. The second-order valence-corrected chi connectivity index (χ2v) is 6.26. The number of para-hydroxylation sites is 1. The van der Waals surface area contributed by atoms with Crippen LogP contribution in [-0.2, 0) is 0 Å². The van der Waals surface area contributed by atoms with Crippen molar-refractivity contribution in [1.82, 2.24) is 0 Å². The Balaban J connectivity index is 2.36. The van der Waals surface area contributed by atoms with Gasteiger partial charge in [0, 0.05) is 27.7 Å². The van der Waals surface area contributed by atoms with E-state index in [9.17, 15) is 0 Å². The number of anilines is 1. The van der Waals surface area contributed by atoms with E-state index in [1.807, 2.05) is 6.07 Å². The van der Waals surface area contributed by atoms with Crippen LogP contribution in [0, 0.1) is 0 Å². The topological polar surface area (TPSA) is 29.3 Å². The van der Waals surface area contributed by atoms with E-state index >= 15 is 0 Å². The first-order valence-electron chi connectivity index (χ1n) is 6.64. The maximum Gasteiger partial charge on any atom is 0.0665 e. The van der Waals surface area contributed by atoms with Crippen LogP contribution < -0.4 is 10.6 Å². The fourth-order valence-electron chi connectivity index (χ4n) is 2.37. The Labute approximate surface area is 137 Å². The van der Waals surface area contributed by atoms with Crippen molar-refractivity contribution in [3.63, 3.8) is 0 Å². The van der Waals surface area contributed by atoms with Crippen LogP contribution >= 0.6 is 31.9 Å². The molecule has 0 fully saturated rings. The Morgan fingerprint density at radius 3 is 2.30 bits per heavy atom. The molecule has 1 atom stereocenters. The van der Waals surface area contributed by atoms with Crippen molar-refractivity contribution in [2.45, 2.75) is 13.0 Å². The summed E-state index contributed by atoms with van der Waals surface area (Å²) in [6.45, 7) is 3.65. The minimum atomic E-state index is 0.173. The molecule has 0 bridgehead atoms. The fraction of sp³-hybridized carbons (Fsp3) is 0.250. The fourth-order valence-corrected chi connectivity index (χ4v) is 3.01. The molecular weight excluding hydrogens is 380 g/mol. The summed E-state index contributed by atoms with van der Waals surface area (Å²) in [5, 5.41) is 0. The smallest absolute Gasteiger partial charge is 0.0665 e. The van der Waals surface area contributed by atoms with Gasteiger partial charge in [-0.05, 0) is 68.6 Å². The maximum absolute atomic E-state index is 6.04. The molecule has 106 valence electrons. The Morgan fingerprint density at radius 1 is 1.05 bits per heavy atom. The van der Waals surface area contributed by atoms with Gasteiger partial charge in [-0.15, -0.1) is 0 Å². The second kappa shape index (κ2) is 7.25. The average Bonchev–Trinajstić information content (AvgIpc) is 2.48. The average molecular weight is 398 g/mol. The molecule has 0 amide bonds. The van der Waals surface area contributed by atoms with Crippen molar-refractivity contribution in [2.24, 2.45) is 5.73 Å². The van der Waals surface area contributed by atoms with Gasteiger partial charge in [0.1, 0.15) is 0 Å². The van der Waals surface area contributed by atoms with E-state index < -0.39 is 0 Å². The van der Waals surface area contributed by atoms with Gasteiger partial charge in [0.25, 0.3) is 0 Å². The predicted molar refractivity (Wildman–Crippen MR) is 93.1 cm³/mol. The van der Waals surface area contributed by atoms with Gasteiger partial charge < -0.3 is 10.6 Å². The maximum atomic E-state index is 6.04. The molecule has 0 radical (unpaired) electrons. The molecule has 0 aromatic heterocycles. The standard InChI is InChI=1S/C16H18Br2N2/c1-2-20(13-6-4-3-5-7-13)16(11-19)12-8-9-14(17)15(18)10-12/h3-10,16H,2,11,19H2,1H3. The van der Waals surface area contributed by atoms with Crippen LogP contribution in [-0.4, -0.2) is 13.1 Å². The van der Waals surface area contributed by atoms with E-state index in [1.165, 1.54) is 11.3 Å². The van der Waals surface area contributed by atoms with Crippen LogP contribution in [0.3, 0.4) is 0 Å². The molecule has 2 aromatic carbocycles. The highest BCUT2D eigenvalue weighted by Crippen LogP contribution is 2.31. The molecule has 2 nitrogen and oxygen atoms in total. The lowest BCUT2D eigenvalue weighted by atomic mass is 10.0. The molecule has 2 aromatic rings. The highest BCUT2D eigenvalue weighted by molar-refractivity contribution is 9.13. The molecule has 1 unspecified atom stereocenters. The molecule has 0 saturated carbocycles. The largest absolute Gasteiger partial charge is 0.363 e. The third-order valence-corrected chi connectivity index (χ3v) is 5.24. The second-order valence-electron chi connectivity index (χ2n) is 4.55. The predicted octanol–water partition coefficient (Wildman–Crippen LogP) is 4.74. The van der Waals surface area contributed by atoms with E-state index in [0.29, 0.717) is 6.54 Å². The number of rotatable bonds is 5. The van der Waals surface area contributed by atoms with Crippen LogP contribution in [0.1, 0.15) is 18.5 Å². The van der Waals surface area contributed by atoms with Gasteiger partial charge in [-0.3, -0.25) is 0 Å². The zero-order valence-electron chi connectivity index (χ0n) is 11.4. The molecule has 2 rings (SSSR count). The van der Waals surface area contributed by atoms with Crippen molar-refractivity contribution >= 4 is 37.5 Å². The third-order valence-electron chi connectivity index (χ3n) is 3.36. The van der Waals surface area contributed by atoms with E-state index in [1.54, 1.807) is 0 Å². The summed E-state index contributed by atoms with van der Waals surface area (Å²) in [6.07, 6.45) is 0. The van der Waals surface area contributed by atoms with Crippen LogP contribution in [0.5, 0.6) is 0 Å². The molecule has 4 heteroatoms. The van der Waals surface area contributed by atoms with Crippen molar-refractivity contribution in [3.05, 3.63) is 63.0 Å². The number of hydrogen-bond acceptors (Lipinski definition) is 2. The molecule has 0 aliphatic rings. The van der Waals surface area contributed by atoms with Gasteiger partial charge in [0.15, 0.2) is 0 Å². The Morgan fingerprint density at radius 2 is 1.75 bits per heavy atom. The highest BCUT2D eigenvalue weighted by atomic mass is 79.9. The third kappa shape index (κ3) is 3.43. The van der Waals surface area contributed by atoms with Gasteiger partial charge in [0.05, 0.1) is 6.04 Å². The summed E-state index contributed by atoms with van der Waals surface area (Å²) in [5.41, 5.74) is 8.45. The molecule has 20 heavy (non-hydrogen) atoms. The van der Waals surface area contributed by atoms with E-state index in [4.69, 9.17) is 5.73 Å². The first-order chi connectivity index (χ1) is 9.67. The number of benzene rings is 2. The number of nitrogens with two attached hydrogens (primary N) is 1. The van der Waals surface area contributed by atoms with E-state index in [-0.39, 0.29) is 6.04 Å². The van der Waals surface area contributed by atoms with Crippen LogP contribution in [0.2, 0.25) is 0 Å². The molecule has 2 N–H and O–H groups in total. The number of likely N-dealkylation sites (N-methyl/N-ethyl adjacent to an activating group) is 1. The number of nitrogens with zero attached hydrogens (tertiary/aromatic N) is 1. The molecular formula is C16H18Br2N2. The molecule has 0 aliphatic heterocycles. The van der Waals surface area contributed by atoms with Gasteiger partial charge in [0.2, 0.25) is 0 Å². The van der Waals surface area contributed by atoms with Crippen LogP contribution in [0.4, 0.5) is 5.69 Å². The lowest BCUT2D eigenvalue weighted by Gasteiger charge is -2.32. The quantitative estimate of drug-likeness (QED) is 0.789. The summed E-state index contributed by atoms with van der Waals surface area (Å²) in [5.74, 6) is 0. The van der Waals surface area contributed by atoms with Gasteiger partial charge in [-0.2, -0.15) is 0 Å². The van der Waals surface area contributed by atoms with Crippen molar-refractivity contribution in [2.75, 3.05) is 18.0 Å². The first-order valence-corrected chi connectivity index (χ1v) is 8.22. The first kappa shape index (κ1) is 15.5. The Kier molecular flexibility index (Phi) is 5.64. The van der Waals surface area contributed by atoms with Gasteiger partial charge >= 0.3 is 0 Å². The normalized spacial score (nSPS) is 12.2. The number of hydrogen-bond donors (Lipinski definition) is 1. The summed E-state index contributed by atoms with van der Waals surface area (Å²) in [7, 11) is 0. The Bertz CT molecular complexity index is 558. The van der Waals surface area contributed by atoms with Gasteiger partial charge in [-0.25, -0.2) is 0 Å². The SMILES string of the molecule is CCN(c1ccccc1)C(CN)c1ccc(Br)c(Br)c1. The monoisotopic (exact) mass is 396 g/mol. The Hall–Kier alpha value is -0.840. The molecule has 0 aliphatic carbocycles. The molecule has 0 heterocycles. The lowest BCUT2D eigenvalue weighted by molar-refractivity contribution is 0.643. The van der Waals surface area contributed by atoms with E-state index in [0.717, 1.165) is 15.5 Å². The molecule has 0 spiro atoms. The number of halogens is 2. The van der Waals surface area contributed by atoms with Crippen molar-refractivity contribution < 1.29 is 0 Å². The highest BCUT2D eigenvalue weighted by Gasteiger charge is 2.18. The zero-order valence-corrected chi connectivity index (χ0v) is 14.6. The van der Waals surface area contributed by atoms with Crippen molar-refractivity contribution in [3.8, 4) is 0 Å². The van der Waals surface area contributed by atoms with Gasteiger partial charge in [-0.1, -0.05) is 24.3 Å². The lowest BCUT2D eigenvalue weighted by Crippen LogP contribution is -2.33. The van der Waals surface area contributed by atoms with Crippen molar-refractivity contribution in [1.29, 1.82) is 0 Å². The minimum Gasteiger partial charge on any atom is -0.363 e. The summed E-state index contributed by atoms with van der Waals surface area (Å²) < 4.78 is 2.11. The summed E-state index contributed by atoms with van der Waals surface area (Å²) in [4.78, 5) is 2.33. The van der Waals surface area contributed by atoms with Crippen LogP contribution in [0.15, 0.2) is 57.5 Å². The summed E-state index contributed by atoms with van der Waals surface area (Å²) in [6, 6.07) is 16.9. The van der Waals surface area contributed by atoms with E-state index in [2.05, 4.69) is 86.1 Å². The zero-order chi connectivity index (χ0) is 14.5. The van der Waals surface area contributed by atoms with Crippen LogP contribution in [0.25, 0.3) is 0 Å². The minimum absolute atomic E-state index is 0.173. The molecule has 0 saturated heterocycles.